The smallest absolute Gasteiger partial charge is 0.224 e. The lowest BCUT2D eigenvalue weighted by Crippen LogP contribution is -2.05. The normalized spacial score (nSPS) is 11.9. The molecule has 0 aliphatic carbocycles. The number of oxime groups is 1. The van der Waals surface area contributed by atoms with Crippen LogP contribution in [0, 0.1) is 0 Å². The molecule has 5 N–H and O–H groups in total. The molecule has 2 aromatic heterocycles. The van der Waals surface area contributed by atoms with Crippen molar-refractivity contribution in [1.29, 1.82) is 0 Å². The number of rotatable bonds is 1. The number of fused-ring (bicyclic) bond motifs is 1. The van der Waals surface area contributed by atoms with Gasteiger partial charge >= 0.3 is 0 Å². The Bertz CT molecular complexity index is 584. The Morgan fingerprint density at radius 1 is 1.31 bits per heavy atom. The van der Waals surface area contributed by atoms with Gasteiger partial charge in [-0.3, -0.25) is 0 Å². The van der Waals surface area contributed by atoms with Crippen LogP contribution in [-0.4, -0.2) is 30.3 Å². The molecule has 0 aliphatic heterocycles. The molecule has 2 rings (SSSR count). The van der Waals surface area contributed by atoms with E-state index in [1.54, 1.807) is 0 Å². The molecule has 2 aromatic rings. The third-order valence-corrected chi connectivity index (χ3v) is 2.02. The molecule has 2 heterocycles. The van der Waals surface area contributed by atoms with Gasteiger partial charge in [-0.2, -0.15) is 9.97 Å². The van der Waals surface area contributed by atoms with Gasteiger partial charge in [0, 0.05) is 0 Å². The summed E-state index contributed by atoms with van der Waals surface area (Å²) in [7, 11) is 0. The minimum Gasteiger partial charge on any atom is -0.410 e. The minimum absolute atomic E-state index is 0.00831. The Morgan fingerprint density at radius 3 is 2.75 bits per heavy atom. The fourth-order valence-electron chi connectivity index (χ4n) is 1.10. The second-order valence-corrected chi connectivity index (χ2v) is 3.14. The Kier molecular flexibility index (Phi) is 2.41. The summed E-state index contributed by atoms with van der Waals surface area (Å²) < 4.78 is 0. The van der Waals surface area contributed by atoms with E-state index in [0.29, 0.717) is 0 Å². The van der Waals surface area contributed by atoms with Crippen LogP contribution < -0.4 is 11.5 Å². The fourth-order valence-corrected chi connectivity index (χ4v) is 1.19. The average Bonchev–Trinajstić information content (AvgIpc) is 2.27. The zero-order valence-electron chi connectivity index (χ0n) is 7.79. The molecule has 0 aromatic carbocycles. The summed E-state index contributed by atoms with van der Waals surface area (Å²) in [6.07, 6.45) is 1.29. The third kappa shape index (κ3) is 1.65. The zero-order chi connectivity index (χ0) is 11.7. The van der Waals surface area contributed by atoms with E-state index in [1.165, 1.54) is 6.20 Å². The van der Waals surface area contributed by atoms with E-state index < -0.39 is 0 Å². The molecule has 0 bridgehead atoms. The Morgan fingerprint density at radius 2 is 2.06 bits per heavy atom. The zero-order valence-corrected chi connectivity index (χ0v) is 8.55. The first-order valence-electron chi connectivity index (χ1n) is 4.05. The summed E-state index contributed by atoms with van der Waals surface area (Å²) in [5.74, 6) is 0.0910. The van der Waals surface area contributed by atoms with Gasteiger partial charge in [-0.15, -0.1) is 0 Å². The van der Waals surface area contributed by atoms with E-state index in [1.807, 2.05) is 0 Å². The first-order valence-corrected chi connectivity index (χ1v) is 4.43. The van der Waals surface area contributed by atoms with Crippen LogP contribution in [0.1, 0.15) is 5.69 Å². The van der Waals surface area contributed by atoms with E-state index in [2.05, 4.69) is 25.1 Å². The molecule has 0 fully saturated rings. The summed E-state index contributed by atoms with van der Waals surface area (Å²) in [5.41, 5.74) is 11.6. The van der Waals surface area contributed by atoms with Crippen LogP contribution in [0.4, 0.5) is 11.8 Å². The van der Waals surface area contributed by atoms with E-state index in [4.69, 9.17) is 28.3 Å². The number of nitrogens with zero attached hydrogens (tertiary/aromatic N) is 5. The number of nitrogen functional groups attached to an aromatic ring is 2. The molecule has 82 valence electrons. The highest BCUT2D eigenvalue weighted by Crippen LogP contribution is 2.15. The van der Waals surface area contributed by atoms with Crippen LogP contribution in [0.25, 0.3) is 11.2 Å². The standard InChI is InChI=1S/C7H6ClN7O/c8-4(15-16)2-1-11-6-3(12-2)5(9)13-7(10)14-6/h1,16H,(H4,9,10,11,13,14)/b15-4-. The van der Waals surface area contributed by atoms with Crippen molar-refractivity contribution in [3.05, 3.63) is 11.9 Å². The fraction of sp³-hybridized carbons (Fsp3) is 0. The second-order valence-electron chi connectivity index (χ2n) is 2.79. The van der Waals surface area contributed by atoms with Crippen LogP contribution in [-0.2, 0) is 0 Å². The molecule has 0 unspecified atom stereocenters. The lowest BCUT2D eigenvalue weighted by Gasteiger charge is -2.02. The number of aromatic nitrogens is 4. The number of nitrogens with two attached hydrogens (primary N) is 2. The highest BCUT2D eigenvalue weighted by Gasteiger charge is 2.10. The number of hydrogen-bond acceptors (Lipinski definition) is 8. The Hall–Kier alpha value is -2.22. The van der Waals surface area contributed by atoms with Crippen LogP contribution in [0.5, 0.6) is 0 Å². The molecule has 9 heteroatoms. The lowest BCUT2D eigenvalue weighted by molar-refractivity contribution is 0.320. The van der Waals surface area contributed by atoms with Gasteiger partial charge in [0.1, 0.15) is 5.69 Å². The first kappa shape index (κ1) is 10.3. The molecule has 0 radical (unpaired) electrons. The van der Waals surface area contributed by atoms with Crippen molar-refractivity contribution in [3.63, 3.8) is 0 Å². The van der Waals surface area contributed by atoms with E-state index in [9.17, 15) is 0 Å². The van der Waals surface area contributed by atoms with Crippen molar-refractivity contribution in [3.8, 4) is 0 Å². The summed E-state index contributed by atoms with van der Waals surface area (Å²) >= 11 is 5.57. The summed E-state index contributed by atoms with van der Waals surface area (Å²) in [4.78, 5) is 15.5. The monoisotopic (exact) mass is 239 g/mol. The van der Waals surface area contributed by atoms with Gasteiger partial charge < -0.3 is 16.7 Å². The average molecular weight is 240 g/mol. The lowest BCUT2D eigenvalue weighted by atomic mass is 10.4. The van der Waals surface area contributed by atoms with E-state index in [0.717, 1.165) is 0 Å². The number of halogens is 1. The van der Waals surface area contributed by atoms with Crippen LogP contribution >= 0.6 is 11.6 Å². The van der Waals surface area contributed by atoms with Crippen LogP contribution in [0.15, 0.2) is 11.4 Å². The maximum absolute atomic E-state index is 8.48. The summed E-state index contributed by atoms with van der Waals surface area (Å²) in [6, 6.07) is 0. The van der Waals surface area contributed by atoms with Gasteiger partial charge in [0.2, 0.25) is 5.95 Å². The molecular weight excluding hydrogens is 234 g/mol. The minimum atomic E-state index is -0.203. The van der Waals surface area contributed by atoms with Gasteiger partial charge in [0.25, 0.3) is 0 Å². The second kappa shape index (κ2) is 3.74. The molecule has 0 aliphatic rings. The van der Waals surface area contributed by atoms with Crippen molar-refractivity contribution in [1.82, 2.24) is 19.9 Å². The third-order valence-electron chi connectivity index (χ3n) is 1.75. The first-order chi connectivity index (χ1) is 7.61. The highest BCUT2D eigenvalue weighted by molar-refractivity contribution is 6.69. The Labute approximate surface area is 94.0 Å². The molecule has 0 saturated carbocycles. The van der Waals surface area contributed by atoms with Gasteiger partial charge in [-0.05, 0) is 0 Å². The van der Waals surface area contributed by atoms with Gasteiger partial charge in [0.15, 0.2) is 22.2 Å². The molecule has 8 nitrogen and oxygen atoms in total. The van der Waals surface area contributed by atoms with Gasteiger partial charge in [0.05, 0.1) is 6.20 Å². The molecule has 16 heavy (non-hydrogen) atoms. The summed E-state index contributed by atoms with van der Waals surface area (Å²) in [6.45, 7) is 0. The molecule has 0 amide bonds. The van der Waals surface area contributed by atoms with Crippen molar-refractivity contribution in [2.45, 2.75) is 0 Å². The number of anilines is 2. The SMILES string of the molecule is Nc1nc(N)c2nc(/C(Cl)=N/O)cnc2n1. The van der Waals surface area contributed by atoms with Crippen LogP contribution in [0.3, 0.4) is 0 Å². The predicted molar refractivity (Wildman–Crippen MR) is 58.1 cm³/mol. The van der Waals surface area contributed by atoms with Gasteiger partial charge in [-0.25, -0.2) is 9.97 Å². The van der Waals surface area contributed by atoms with Crippen molar-refractivity contribution >= 4 is 39.7 Å². The molecule has 0 spiro atoms. The largest absolute Gasteiger partial charge is 0.410 e. The quantitative estimate of drug-likeness (QED) is 0.361. The van der Waals surface area contributed by atoms with Crippen molar-refractivity contribution in [2.24, 2.45) is 5.16 Å². The Balaban J connectivity index is 2.71. The maximum atomic E-state index is 8.48. The molecule has 0 atom stereocenters. The van der Waals surface area contributed by atoms with Crippen molar-refractivity contribution < 1.29 is 5.21 Å². The maximum Gasteiger partial charge on any atom is 0.224 e. The van der Waals surface area contributed by atoms with Crippen molar-refractivity contribution in [2.75, 3.05) is 11.5 Å². The number of hydrogen-bond donors (Lipinski definition) is 3. The van der Waals surface area contributed by atoms with E-state index >= 15 is 0 Å². The highest BCUT2D eigenvalue weighted by atomic mass is 35.5. The van der Waals surface area contributed by atoms with Crippen LogP contribution in [0.2, 0.25) is 0 Å². The predicted octanol–water partition coefficient (Wildman–Crippen LogP) is -0.0412. The molecular formula is C7H6ClN7O. The van der Waals surface area contributed by atoms with Gasteiger partial charge in [-0.1, -0.05) is 16.8 Å². The summed E-state index contributed by atoms with van der Waals surface area (Å²) in [5, 5.41) is 11.1. The molecule has 0 saturated heterocycles. The topological polar surface area (TPSA) is 136 Å². The van der Waals surface area contributed by atoms with E-state index in [-0.39, 0.29) is 33.8 Å².